The number of isocyanates is 1. The Morgan fingerprint density at radius 3 is 2.25 bits per heavy atom. The first-order chi connectivity index (χ1) is 7.59. The van der Waals surface area contributed by atoms with Crippen molar-refractivity contribution in [1.29, 1.82) is 0 Å². The minimum absolute atomic E-state index is 0.0685. The fourth-order valence-corrected chi connectivity index (χ4v) is 1.92. The Labute approximate surface area is 89.8 Å². The average molecular weight is 227 g/mol. The Balaban J connectivity index is 2.54. The van der Waals surface area contributed by atoms with Gasteiger partial charge in [0.05, 0.1) is 0 Å². The van der Waals surface area contributed by atoms with Crippen molar-refractivity contribution in [2.45, 2.75) is 24.8 Å². The van der Waals surface area contributed by atoms with Crippen LogP contribution in [0, 0.1) is 17.5 Å². The van der Waals surface area contributed by atoms with Crippen molar-refractivity contribution in [3.8, 4) is 0 Å². The van der Waals surface area contributed by atoms with Crippen LogP contribution in [0.2, 0.25) is 0 Å². The highest BCUT2D eigenvalue weighted by Crippen LogP contribution is 2.45. The minimum Gasteiger partial charge on any atom is -0.211 e. The van der Waals surface area contributed by atoms with Gasteiger partial charge in [-0.3, -0.25) is 0 Å². The van der Waals surface area contributed by atoms with Crippen LogP contribution >= 0.6 is 0 Å². The van der Waals surface area contributed by atoms with Gasteiger partial charge in [0, 0.05) is 11.6 Å². The van der Waals surface area contributed by atoms with E-state index >= 15 is 0 Å². The summed E-state index contributed by atoms with van der Waals surface area (Å²) in [4.78, 5) is 13.8. The third kappa shape index (κ3) is 1.53. The van der Waals surface area contributed by atoms with Gasteiger partial charge in [0.15, 0.2) is 11.6 Å². The molecule has 1 fully saturated rings. The molecule has 0 amide bonds. The predicted molar refractivity (Wildman–Crippen MR) is 50.0 cm³/mol. The van der Waals surface area contributed by atoms with E-state index < -0.39 is 23.0 Å². The highest BCUT2D eigenvalue weighted by Gasteiger charge is 2.41. The molecule has 1 aliphatic rings. The molecule has 1 saturated carbocycles. The summed E-state index contributed by atoms with van der Waals surface area (Å²) >= 11 is 0. The maximum atomic E-state index is 13.5. The van der Waals surface area contributed by atoms with Gasteiger partial charge < -0.3 is 0 Å². The van der Waals surface area contributed by atoms with E-state index in [2.05, 4.69) is 4.99 Å². The highest BCUT2D eigenvalue weighted by atomic mass is 19.2. The molecule has 0 heterocycles. The van der Waals surface area contributed by atoms with Crippen LogP contribution in [0.5, 0.6) is 0 Å². The average Bonchev–Trinajstić information content (AvgIpc) is 2.18. The first kappa shape index (κ1) is 10.9. The summed E-state index contributed by atoms with van der Waals surface area (Å²) in [7, 11) is 0. The molecule has 1 aliphatic carbocycles. The summed E-state index contributed by atoms with van der Waals surface area (Å²) in [6.07, 6.45) is 3.03. The zero-order valence-electron chi connectivity index (χ0n) is 8.27. The molecule has 1 aromatic carbocycles. The van der Waals surface area contributed by atoms with Crippen LogP contribution in [0.1, 0.15) is 24.8 Å². The second-order valence-corrected chi connectivity index (χ2v) is 3.83. The standard InChI is InChI=1S/C11H8F3NO/c12-8-5-10(14)9(13)4-7(8)11(15-6-16)2-1-3-11/h4-5H,1-3H2. The largest absolute Gasteiger partial charge is 0.235 e. The molecule has 1 aromatic rings. The normalized spacial score (nSPS) is 17.4. The number of rotatable bonds is 2. The number of hydrogen-bond acceptors (Lipinski definition) is 2. The maximum Gasteiger partial charge on any atom is 0.235 e. The van der Waals surface area contributed by atoms with Gasteiger partial charge in [0.2, 0.25) is 6.08 Å². The van der Waals surface area contributed by atoms with Crippen LogP contribution in [0.3, 0.4) is 0 Å². The third-order valence-electron chi connectivity index (χ3n) is 2.95. The zero-order valence-corrected chi connectivity index (χ0v) is 8.27. The molecule has 0 saturated heterocycles. The summed E-state index contributed by atoms with van der Waals surface area (Å²) in [5.74, 6) is -3.26. The summed E-state index contributed by atoms with van der Waals surface area (Å²) in [6.45, 7) is 0. The van der Waals surface area contributed by atoms with Crippen molar-refractivity contribution in [1.82, 2.24) is 0 Å². The first-order valence-corrected chi connectivity index (χ1v) is 4.83. The molecule has 16 heavy (non-hydrogen) atoms. The molecule has 0 aromatic heterocycles. The lowest BCUT2D eigenvalue weighted by atomic mass is 9.72. The van der Waals surface area contributed by atoms with Crippen LogP contribution in [0.25, 0.3) is 0 Å². The Bertz CT molecular complexity index is 476. The van der Waals surface area contributed by atoms with Crippen molar-refractivity contribution in [2.24, 2.45) is 4.99 Å². The lowest BCUT2D eigenvalue weighted by Crippen LogP contribution is -2.33. The van der Waals surface area contributed by atoms with E-state index in [0.717, 1.165) is 12.5 Å². The van der Waals surface area contributed by atoms with Crippen molar-refractivity contribution in [3.05, 3.63) is 35.1 Å². The smallest absolute Gasteiger partial charge is 0.211 e. The molecule has 2 nitrogen and oxygen atoms in total. The highest BCUT2D eigenvalue weighted by molar-refractivity contribution is 5.40. The monoisotopic (exact) mass is 227 g/mol. The molecule has 84 valence electrons. The maximum absolute atomic E-state index is 13.5. The Morgan fingerprint density at radius 1 is 1.12 bits per heavy atom. The van der Waals surface area contributed by atoms with E-state index in [0.29, 0.717) is 18.9 Å². The molecule has 2 rings (SSSR count). The number of hydrogen-bond donors (Lipinski definition) is 0. The predicted octanol–water partition coefficient (Wildman–Crippen LogP) is 2.82. The van der Waals surface area contributed by atoms with Crippen LogP contribution in [0.4, 0.5) is 13.2 Å². The Morgan fingerprint density at radius 2 is 1.75 bits per heavy atom. The van der Waals surface area contributed by atoms with Crippen molar-refractivity contribution in [2.75, 3.05) is 0 Å². The number of nitrogens with zero attached hydrogens (tertiary/aromatic N) is 1. The molecule has 0 spiro atoms. The topological polar surface area (TPSA) is 29.4 Å². The molecule has 0 unspecified atom stereocenters. The van der Waals surface area contributed by atoms with Crippen LogP contribution in [0.15, 0.2) is 17.1 Å². The molecule has 0 atom stereocenters. The fourth-order valence-electron chi connectivity index (χ4n) is 1.92. The van der Waals surface area contributed by atoms with E-state index in [1.54, 1.807) is 0 Å². The van der Waals surface area contributed by atoms with Gasteiger partial charge in [0.1, 0.15) is 11.4 Å². The van der Waals surface area contributed by atoms with Crippen LogP contribution in [-0.2, 0) is 10.3 Å². The molecular formula is C11H8F3NO. The third-order valence-corrected chi connectivity index (χ3v) is 2.95. The second-order valence-electron chi connectivity index (χ2n) is 3.83. The molecule has 0 radical (unpaired) electrons. The van der Waals surface area contributed by atoms with Crippen molar-refractivity contribution in [3.63, 3.8) is 0 Å². The second kappa shape index (κ2) is 3.76. The minimum atomic E-state index is -1.24. The molecule has 0 bridgehead atoms. The lowest BCUT2D eigenvalue weighted by molar-refractivity contribution is 0.245. The van der Waals surface area contributed by atoms with Crippen molar-refractivity contribution >= 4 is 6.08 Å². The summed E-state index contributed by atoms with van der Waals surface area (Å²) < 4.78 is 39.2. The Kier molecular flexibility index (Phi) is 2.56. The fraction of sp³-hybridized carbons (Fsp3) is 0.364. The molecule has 5 heteroatoms. The van der Waals surface area contributed by atoms with Gasteiger partial charge >= 0.3 is 0 Å². The van der Waals surface area contributed by atoms with Gasteiger partial charge in [-0.2, -0.15) is 4.99 Å². The summed E-state index contributed by atoms with van der Waals surface area (Å²) in [5, 5.41) is 0. The quantitative estimate of drug-likeness (QED) is 0.434. The molecular weight excluding hydrogens is 219 g/mol. The SMILES string of the molecule is O=C=NC1(c2cc(F)c(F)cc2F)CCC1. The van der Waals surface area contributed by atoms with Crippen LogP contribution in [-0.4, -0.2) is 6.08 Å². The van der Waals surface area contributed by atoms with Gasteiger partial charge in [-0.25, -0.2) is 18.0 Å². The Hall–Kier alpha value is -1.61. The van der Waals surface area contributed by atoms with Gasteiger partial charge in [-0.05, 0) is 25.3 Å². The molecule has 0 aliphatic heterocycles. The number of halogens is 3. The van der Waals surface area contributed by atoms with Gasteiger partial charge in [-0.15, -0.1) is 0 Å². The van der Waals surface area contributed by atoms with E-state index in [9.17, 15) is 18.0 Å². The van der Waals surface area contributed by atoms with E-state index in [1.165, 1.54) is 6.08 Å². The summed E-state index contributed by atoms with van der Waals surface area (Å²) in [5.41, 5.74) is -1.11. The van der Waals surface area contributed by atoms with Crippen molar-refractivity contribution < 1.29 is 18.0 Å². The lowest BCUT2D eigenvalue weighted by Gasteiger charge is -2.37. The van der Waals surface area contributed by atoms with E-state index in [4.69, 9.17) is 0 Å². The zero-order chi connectivity index (χ0) is 11.8. The number of benzene rings is 1. The van der Waals surface area contributed by atoms with Crippen LogP contribution < -0.4 is 0 Å². The van der Waals surface area contributed by atoms with Gasteiger partial charge in [-0.1, -0.05) is 0 Å². The van der Waals surface area contributed by atoms with E-state index in [-0.39, 0.29) is 5.56 Å². The first-order valence-electron chi connectivity index (χ1n) is 4.83. The molecule has 0 N–H and O–H groups in total. The van der Waals surface area contributed by atoms with E-state index in [1.807, 2.05) is 0 Å². The summed E-state index contributed by atoms with van der Waals surface area (Å²) in [6, 6.07) is 1.25. The van der Waals surface area contributed by atoms with Gasteiger partial charge in [0.25, 0.3) is 0 Å². The number of carbonyl (C=O) groups excluding carboxylic acids is 1. The number of aliphatic imine (C=N–C) groups is 1.